The van der Waals surface area contributed by atoms with Gasteiger partial charge in [0.25, 0.3) is 0 Å². The highest BCUT2D eigenvalue weighted by atomic mass is 16.7. The topological polar surface area (TPSA) is 149 Å². The second-order valence-electron chi connectivity index (χ2n) is 21.5. The number of carbonyl (C=O) groups excluding carboxylic acids is 1. The molecule has 0 saturated carbocycles. The fourth-order valence-electron chi connectivity index (χ4n) is 9.96. The molecule has 1 fully saturated rings. The average molecular weight is 993 g/mol. The summed E-state index contributed by atoms with van der Waals surface area (Å²) in [5.41, 5.74) is 0. The van der Waals surface area contributed by atoms with Crippen molar-refractivity contribution in [1.82, 2.24) is 5.32 Å². The van der Waals surface area contributed by atoms with Gasteiger partial charge in [0.05, 0.1) is 25.4 Å². The Labute approximate surface area is 432 Å². The van der Waals surface area contributed by atoms with Gasteiger partial charge in [-0.1, -0.05) is 276 Å². The quantitative estimate of drug-likeness (QED) is 0.0261. The third-order valence-electron chi connectivity index (χ3n) is 14.8. The molecule has 1 saturated heterocycles. The van der Waals surface area contributed by atoms with E-state index in [0.29, 0.717) is 12.8 Å². The first-order valence-corrected chi connectivity index (χ1v) is 30.5. The Bertz CT molecular complexity index is 1150. The zero-order valence-corrected chi connectivity index (χ0v) is 46.0. The SMILES string of the molecule is CCCCC/C=C\C/C=C\CCCCCCCCCC(=O)NC(COC1OC(CO)C(O)C(O)C1O)C(O)CCCCCCCCCCCCCCCCCCCCCCCCCCCCCCCC. The first-order valence-electron chi connectivity index (χ1n) is 30.5. The molecule has 1 heterocycles. The van der Waals surface area contributed by atoms with Crippen LogP contribution in [0.15, 0.2) is 24.3 Å². The zero-order valence-electron chi connectivity index (χ0n) is 46.0. The van der Waals surface area contributed by atoms with E-state index in [4.69, 9.17) is 9.47 Å². The lowest BCUT2D eigenvalue weighted by molar-refractivity contribution is -0.302. The molecule has 7 atom stereocenters. The Hall–Kier alpha value is -1.33. The second kappa shape index (κ2) is 51.2. The van der Waals surface area contributed by atoms with Crippen molar-refractivity contribution in [3.05, 3.63) is 24.3 Å². The molecule has 0 aliphatic carbocycles. The van der Waals surface area contributed by atoms with Crippen molar-refractivity contribution in [3.8, 4) is 0 Å². The maximum atomic E-state index is 13.1. The molecule has 7 unspecified atom stereocenters. The first-order chi connectivity index (χ1) is 34.3. The van der Waals surface area contributed by atoms with Crippen LogP contribution in [0.5, 0.6) is 0 Å². The number of ether oxygens (including phenoxy) is 2. The van der Waals surface area contributed by atoms with E-state index in [9.17, 15) is 30.3 Å². The molecule has 1 amide bonds. The number of unbranched alkanes of at least 4 members (excludes halogenated alkanes) is 39. The molecule has 414 valence electrons. The summed E-state index contributed by atoms with van der Waals surface area (Å²) < 4.78 is 11.3. The van der Waals surface area contributed by atoms with Gasteiger partial charge in [0, 0.05) is 6.42 Å². The minimum Gasteiger partial charge on any atom is -0.394 e. The molecule has 1 aliphatic rings. The van der Waals surface area contributed by atoms with Crippen LogP contribution < -0.4 is 5.32 Å². The third kappa shape index (κ3) is 40.1. The molecule has 0 spiro atoms. The summed E-state index contributed by atoms with van der Waals surface area (Å²) in [5, 5.41) is 54.7. The van der Waals surface area contributed by atoms with Crippen molar-refractivity contribution in [3.63, 3.8) is 0 Å². The minimum absolute atomic E-state index is 0.139. The molecule has 0 aromatic rings. The van der Waals surface area contributed by atoms with Gasteiger partial charge in [0.1, 0.15) is 24.4 Å². The molecule has 9 heteroatoms. The van der Waals surface area contributed by atoms with E-state index in [0.717, 1.165) is 51.4 Å². The molecule has 9 nitrogen and oxygen atoms in total. The lowest BCUT2D eigenvalue weighted by Crippen LogP contribution is -2.60. The minimum atomic E-state index is -1.55. The van der Waals surface area contributed by atoms with Gasteiger partial charge in [-0.3, -0.25) is 4.79 Å². The summed E-state index contributed by atoms with van der Waals surface area (Å²) in [7, 11) is 0. The van der Waals surface area contributed by atoms with E-state index in [1.165, 1.54) is 225 Å². The summed E-state index contributed by atoms with van der Waals surface area (Å²) >= 11 is 0. The van der Waals surface area contributed by atoms with Crippen LogP contribution >= 0.6 is 0 Å². The predicted molar refractivity (Wildman–Crippen MR) is 295 cm³/mol. The maximum Gasteiger partial charge on any atom is 0.220 e. The standard InChI is InChI=1S/C61H117NO8/c1-3-5-7-9-11-13-15-17-19-21-22-23-24-25-26-27-28-29-30-31-32-33-35-36-38-40-42-44-46-48-50-55(64)54(53-69-61-60(68)59(67)58(66)56(52-63)70-61)62-57(65)51-49-47-45-43-41-39-37-34-20-18-16-14-12-10-8-6-4-2/h12,14,18,20,54-56,58-61,63-64,66-68H,3-11,13,15-17,19,21-53H2,1-2H3,(H,62,65)/b14-12-,20-18-. The number of rotatable bonds is 53. The number of carbonyl (C=O) groups is 1. The lowest BCUT2D eigenvalue weighted by Gasteiger charge is -2.40. The Morgan fingerprint density at radius 1 is 0.486 bits per heavy atom. The molecular weight excluding hydrogens is 875 g/mol. The number of aliphatic hydroxyl groups excluding tert-OH is 5. The number of allylic oxidation sites excluding steroid dienone is 4. The van der Waals surface area contributed by atoms with Gasteiger partial charge in [-0.2, -0.15) is 0 Å². The number of hydrogen-bond donors (Lipinski definition) is 6. The first kappa shape index (κ1) is 66.7. The van der Waals surface area contributed by atoms with Crippen LogP contribution in [0.3, 0.4) is 0 Å². The van der Waals surface area contributed by atoms with Gasteiger partial charge < -0.3 is 40.3 Å². The number of hydrogen-bond acceptors (Lipinski definition) is 8. The molecular formula is C61H117NO8. The van der Waals surface area contributed by atoms with Crippen molar-refractivity contribution in [1.29, 1.82) is 0 Å². The van der Waals surface area contributed by atoms with Gasteiger partial charge in [-0.15, -0.1) is 0 Å². The van der Waals surface area contributed by atoms with Crippen molar-refractivity contribution in [2.45, 2.75) is 346 Å². The molecule has 0 aromatic carbocycles. The van der Waals surface area contributed by atoms with E-state index in [-0.39, 0.29) is 12.5 Å². The van der Waals surface area contributed by atoms with E-state index < -0.39 is 49.5 Å². The maximum absolute atomic E-state index is 13.1. The van der Waals surface area contributed by atoms with Crippen LogP contribution in [-0.4, -0.2) is 87.5 Å². The highest BCUT2D eigenvalue weighted by molar-refractivity contribution is 5.76. The van der Waals surface area contributed by atoms with Crippen LogP contribution in [0.2, 0.25) is 0 Å². The molecule has 0 aromatic heterocycles. The van der Waals surface area contributed by atoms with Crippen LogP contribution in [0.25, 0.3) is 0 Å². The highest BCUT2D eigenvalue weighted by Gasteiger charge is 2.44. The Kier molecular flexibility index (Phi) is 48.7. The van der Waals surface area contributed by atoms with E-state index in [1.54, 1.807) is 0 Å². The Morgan fingerprint density at radius 3 is 1.26 bits per heavy atom. The number of amides is 1. The van der Waals surface area contributed by atoms with Crippen LogP contribution in [0.1, 0.15) is 303 Å². The smallest absolute Gasteiger partial charge is 0.220 e. The number of aliphatic hydroxyl groups is 5. The zero-order chi connectivity index (χ0) is 50.8. The van der Waals surface area contributed by atoms with E-state index in [1.807, 2.05) is 0 Å². The summed E-state index contributed by atoms with van der Waals surface area (Å²) in [4.78, 5) is 13.1. The summed E-state index contributed by atoms with van der Waals surface area (Å²) in [6.07, 6.45) is 57.9. The summed E-state index contributed by atoms with van der Waals surface area (Å²) in [6, 6.07) is -0.723. The fourth-order valence-corrected chi connectivity index (χ4v) is 9.96. The van der Waals surface area contributed by atoms with Gasteiger partial charge >= 0.3 is 0 Å². The van der Waals surface area contributed by atoms with Crippen molar-refractivity contribution >= 4 is 5.91 Å². The summed E-state index contributed by atoms with van der Waals surface area (Å²) in [6.45, 7) is 3.84. The fraction of sp³-hybridized carbons (Fsp3) is 0.918. The monoisotopic (exact) mass is 992 g/mol. The van der Waals surface area contributed by atoms with Gasteiger partial charge in [-0.25, -0.2) is 0 Å². The normalized spacial score (nSPS) is 19.4. The molecule has 1 rings (SSSR count). The summed E-state index contributed by atoms with van der Waals surface area (Å²) in [5.74, 6) is -0.148. The van der Waals surface area contributed by atoms with Gasteiger partial charge in [0.15, 0.2) is 6.29 Å². The van der Waals surface area contributed by atoms with Crippen LogP contribution in [0.4, 0.5) is 0 Å². The lowest BCUT2D eigenvalue weighted by atomic mass is 9.99. The molecule has 6 N–H and O–H groups in total. The highest BCUT2D eigenvalue weighted by Crippen LogP contribution is 2.23. The molecule has 70 heavy (non-hydrogen) atoms. The van der Waals surface area contributed by atoms with Gasteiger partial charge in [-0.05, 0) is 44.9 Å². The molecule has 0 radical (unpaired) electrons. The van der Waals surface area contributed by atoms with E-state index in [2.05, 4.69) is 43.5 Å². The van der Waals surface area contributed by atoms with Crippen LogP contribution in [0, 0.1) is 0 Å². The Morgan fingerprint density at radius 2 is 0.843 bits per heavy atom. The average Bonchev–Trinajstić information content (AvgIpc) is 3.36. The molecule has 0 bridgehead atoms. The second-order valence-corrected chi connectivity index (χ2v) is 21.5. The largest absolute Gasteiger partial charge is 0.394 e. The van der Waals surface area contributed by atoms with E-state index >= 15 is 0 Å². The van der Waals surface area contributed by atoms with Crippen LogP contribution in [-0.2, 0) is 14.3 Å². The third-order valence-corrected chi connectivity index (χ3v) is 14.8. The molecule has 1 aliphatic heterocycles. The predicted octanol–water partition coefficient (Wildman–Crippen LogP) is 15.4. The van der Waals surface area contributed by atoms with Gasteiger partial charge in [0.2, 0.25) is 5.91 Å². The Balaban J connectivity index is 2.14. The van der Waals surface area contributed by atoms with Crippen molar-refractivity contribution in [2.24, 2.45) is 0 Å². The van der Waals surface area contributed by atoms with Crippen molar-refractivity contribution < 1.29 is 39.8 Å². The van der Waals surface area contributed by atoms with Crippen molar-refractivity contribution in [2.75, 3.05) is 13.2 Å². The number of nitrogens with one attached hydrogen (secondary N) is 1.